The summed E-state index contributed by atoms with van der Waals surface area (Å²) in [5.74, 6) is 1.20. The number of amides is 1. The number of hydrogen-bond donors (Lipinski definition) is 1. The number of benzene rings is 1. The molecule has 124 valence electrons. The summed E-state index contributed by atoms with van der Waals surface area (Å²) in [6.07, 6.45) is 1.59. The standard InChI is InChI=1S/C17H18N4O2S/c1-11-6-8-13(9-7-11)18-16(22)12(2)24-17-20-19-15(21(17)3)14-5-4-10-23-14/h4-10,12H,1-3H3,(H,18,22)/t12-/m0/s1. The van der Waals surface area contributed by atoms with E-state index in [1.807, 2.05) is 55.8 Å². The number of aromatic nitrogens is 3. The Kier molecular flexibility index (Phi) is 4.71. The van der Waals surface area contributed by atoms with Crippen molar-refractivity contribution < 1.29 is 9.21 Å². The third kappa shape index (κ3) is 3.51. The first-order chi connectivity index (χ1) is 11.5. The Balaban J connectivity index is 1.67. The molecule has 2 aromatic heterocycles. The highest BCUT2D eigenvalue weighted by atomic mass is 32.2. The number of carbonyl (C=O) groups excluding carboxylic acids is 1. The molecule has 0 radical (unpaired) electrons. The van der Waals surface area contributed by atoms with Crippen molar-refractivity contribution >= 4 is 23.4 Å². The van der Waals surface area contributed by atoms with E-state index in [-0.39, 0.29) is 11.2 Å². The molecule has 7 heteroatoms. The topological polar surface area (TPSA) is 73.0 Å². The second-order valence-corrected chi connectivity index (χ2v) is 6.77. The van der Waals surface area contributed by atoms with Crippen LogP contribution in [0.15, 0.2) is 52.2 Å². The van der Waals surface area contributed by atoms with Crippen LogP contribution in [0.3, 0.4) is 0 Å². The first-order valence-corrected chi connectivity index (χ1v) is 8.40. The molecule has 0 spiro atoms. The molecule has 0 fully saturated rings. The summed E-state index contributed by atoms with van der Waals surface area (Å²) in [7, 11) is 1.85. The molecule has 3 aromatic rings. The van der Waals surface area contributed by atoms with E-state index >= 15 is 0 Å². The highest BCUT2D eigenvalue weighted by molar-refractivity contribution is 8.00. The van der Waals surface area contributed by atoms with Gasteiger partial charge in [0.2, 0.25) is 5.91 Å². The number of carbonyl (C=O) groups is 1. The van der Waals surface area contributed by atoms with Gasteiger partial charge in [0.25, 0.3) is 0 Å². The summed E-state index contributed by atoms with van der Waals surface area (Å²) < 4.78 is 7.16. The number of nitrogens with zero attached hydrogens (tertiary/aromatic N) is 3. The second-order valence-electron chi connectivity index (χ2n) is 5.46. The second kappa shape index (κ2) is 6.92. The Hall–Kier alpha value is -2.54. The number of nitrogens with one attached hydrogen (secondary N) is 1. The van der Waals surface area contributed by atoms with Gasteiger partial charge in [-0.25, -0.2) is 0 Å². The van der Waals surface area contributed by atoms with Crippen molar-refractivity contribution in [1.29, 1.82) is 0 Å². The van der Waals surface area contributed by atoms with Crippen LogP contribution >= 0.6 is 11.8 Å². The van der Waals surface area contributed by atoms with Gasteiger partial charge >= 0.3 is 0 Å². The zero-order valence-corrected chi connectivity index (χ0v) is 14.5. The maximum absolute atomic E-state index is 12.3. The molecule has 0 aliphatic heterocycles. The van der Waals surface area contributed by atoms with Gasteiger partial charge in [-0.1, -0.05) is 29.5 Å². The average molecular weight is 342 g/mol. The highest BCUT2D eigenvalue weighted by Gasteiger charge is 2.20. The van der Waals surface area contributed by atoms with E-state index in [1.54, 1.807) is 12.3 Å². The lowest BCUT2D eigenvalue weighted by Gasteiger charge is -2.11. The molecular weight excluding hydrogens is 324 g/mol. The SMILES string of the molecule is Cc1ccc(NC(=O)[C@H](C)Sc2nnc(-c3ccco3)n2C)cc1. The third-order valence-corrected chi connectivity index (χ3v) is 4.68. The minimum atomic E-state index is -0.307. The maximum atomic E-state index is 12.3. The van der Waals surface area contributed by atoms with Crippen LogP contribution in [0.25, 0.3) is 11.6 Å². The molecule has 0 unspecified atom stereocenters. The summed E-state index contributed by atoms with van der Waals surface area (Å²) in [5.41, 5.74) is 1.94. The fourth-order valence-corrected chi connectivity index (χ4v) is 2.95. The van der Waals surface area contributed by atoms with Crippen molar-refractivity contribution in [1.82, 2.24) is 14.8 Å². The molecule has 1 atom stereocenters. The molecule has 0 aliphatic rings. The van der Waals surface area contributed by atoms with Gasteiger partial charge < -0.3 is 14.3 Å². The van der Waals surface area contributed by atoms with Gasteiger partial charge in [0.1, 0.15) is 0 Å². The third-order valence-electron chi connectivity index (χ3n) is 3.55. The normalized spacial score (nSPS) is 12.1. The summed E-state index contributed by atoms with van der Waals surface area (Å²) in [5, 5.41) is 11.5. The molecule has 24 heavy (non-hydrogen) atoms. The van der Waals surface area contributed by atoms with Gasteiger partial charge in [-0.05, 0) is 38.1 Å². The average Bonchev–Trinajstić information content (AvgIpc) is 3.20. The van der Waals surface area contributed by atoms with Crippen LogP contribution in [0.4, 0.5) is 5.69 Å². The first-order valence-electron chi connectivity index (χ1n) is 7.52. The van der Waals surface area contributed by atoms with E-state index in [1.165, 1.54) is 11.8 Å². The van der Waals surface area contributed by atoms with Crippen molar-refractivity contribution in [3.8, 4) is 11.6 Å². The lowest BCUT2D eigenvalue weighted by Crippen LogP contribution is -2.22. The quantitative estimate of drug-likeness (QED) is 0.718. The summed E-state index contributed by atoms with van der Waals surface area (Å²) in [6, 6.07) is 11.3. The smallest absolute Gasteiger partial charge is 0.237 e. The van der Waals surface area contributed by atoms with Gasteiger partial charge in [-0.2, -0.15) is 0 Å². The van der Waals surface area contributed by atoms with E-state index in [0.717, 1.165) is 11.3 Å². The van der Waals surface area contributed by atoms with Gasteiger partial charge in [-0.3, -0.25) is 4.79 Å². The van der Waals surface area contributed by atoms with E-state index < -0.39 is 0 Å². The van der Waals surface area contributed by atoms with Crippen molar-refractivity contribution in [3.05, 3.63) is 48.2 Å². The molecule has 1 amide bonds. The van der Waals surface area contributed by atoms with Crippen LogP contribution < -0.4 is 5.32 Å². The summed E-state index contributed by atoms with van der Waals surface area (Å²) in [4.78, 5) is 12.3. The largest absolute Gasteiger partial charge is 0.461 e. The Bertz CT molecular complexity index is 825. The van der Waals surface area contributed by atoms with Crippen molar-refractivity contribution in [2.45, 2.75) is 24.3 Å². The minimum Gasteiger partial charge on any atom is -0.461 e. The van der Waals surface area contributed by atoms with Crippen LogP contribution in [-0.4, -0.2) is 25.9 Å². The lowest BCUT2D eigenvalue weighted by molar-refractivity contribution is -0.115. The molecule has 0 aliphatic carbocycles. The fraction of sp³-hybridized carbons (Fsp3) is 0.235. The van der Waals surface area contributed by atoms with Gasteiger partial charge in [0.15, 0.2) is 16.7 Å². The molecule has 3 rings (SSSR count). The molecule has 6 nitrogen and oxygen atoms in total. The predicted octanol–water partition coefficient (Wildman–Crippen LogP) is 3.50. The maximum Gasteiger partial charge on any atom is 0.237 e. The Morgan fingerprint density at radius 2 is 2.00 bits per heavy atom. The Labute approximate surface area is 144 Å². The molecular formula is C17H18N4O2S. The first kappa shape index (κ1) is 16.3. The van der Waals surface area contributed by atoms with E-state index in [0.29, 0.717) is 16.7 Å². The number of aryl methyl sites for hydroxylation is 1. The van der Waals surface area contributed by atoms with E-state index in [9.17, 15) is 4.79 Å². The van der Waals surface area contributed by atoms with Crippen LogP contribution in [0.2, 0.25) is 0 Å². The molecule has 2 heterocycles. The van der Waals surface area contributed by atoms with Crippen molar-refractivity contribution in [2.75, 3.05) is 5.32 Å². The molecule has 1 aromatic carbocycles. The van der Waals surface area contributed by atoms with Gasteiger partial charge in [0.05, 0.1) is 11.5 Å². The Morgan fingerprint density at radius 3 is 2.67 bits per heavy atom. The molecule has 0 bridgehead atoms. The number of anilines is 1. The monoisotopic (exact) mass is 342 g/mol. The van der Waals surface area contributed by atoms with Crippen LogP contribution in [0.1, 0.15) is 12.5 Å². The van der Waals surface area contributed by atoms with E-state index in [2.05, 4.69) is 15.5 Å². The number of rotatable bonds is 5. The highest BCUT2D eigenvalue weighted by Crippen LogP contribution is 2.26. The number of hydrogen-bond acceptors (Lipinski definition) is 5. The van der Waals surface area contributed by atoms with Crippen LogP contribution in [0, 0.1) is 6.92 Å². The van der Waals surface area contributed by atoms with Crippen molar-refractivity contribution in [2.24, 2.45) is 7.05 Å². The van der Waals surface area contributed by atoms with Crippen LogP contribution in [-0.2, 0) is 11.8 Å². The zero-order chi connectivity index (χ0) is 17.1. The van der Waals surface area contributed by atoms with Gasteiger partial charge in [-0.15, -0.1) is 10.2 Å². The zero-order valence-electron chi connectivity index (χ0n) is 13.7. The number of furan rings is 1. The predicted molar refractivity (Wildman–Crippen MR) is 93.8 cm³/mol. The molecule has 1 N–H and O–H groups in total. The van der Waals surface area contributed by atoms with E-state index in [4.69, 9.17) is 4.42 Å². The summed E-state index contributed by atoms with van der Waals surface area (Å²) in [6.45, 7) is 3.85. The van der Waals surface area contributed by atoms with Crippen molar-refractivity contribution in [3.63, 3.8) is 0 Å². The molecule has 0 saturated carbocycles. The fourth-order valence-electron chi connectivity index (χ4n) is 2.13. The lowest BCUT2D eigenvalue weighted by atomic mass is 10.2. The summed E-state index contributed by atoms with van der Waals surface area (Å²) >= 11 is 1.35. The number of thioether (sulfide) groups is 1. The Morgan fingerprint density at radius 1 is 1.25 bits per heavy atom. The minimum absolute atomic E-state index is 0.0774. The van der Waals surface area contributed by atoms with Gasteiger partial charge in [0, 0.05) is 12.7 Å². The molecule has 0 saturated heterocycles. The van der Waals surface area contributed by atoms with Crippen LogP contribution in [0.5, 0.6) is 0 Å².